The fourth-order valence-electron chi connectivity index (χ4n) is 2.58. The molecule has 1 amide bonds. The molecule has 0 unspecified atom stereocenters. The summed E-state index contributed by atoms with van der Waals surface area (Å²) in [6, 6.07) is 12.2. The summed E-state index contributed by atoms with van der Waals surface area (Å²) in [5.41, 5.74) is 2.73. The van der Waals surface area contributed by atoms with Crippen LogP contribution in [0.1, 0.15) is 38.8 Å². The fourth-order valence-corrected chi connectivity index (χ4v) is 2.58. The minimum absolute atomic E-state index is 0.283. The number of nitrogens with one attached hydrogen (secondary N) is 1. The molecular formula is C21H23NO5. The molecule has 0 aliphatic heterocycles. The van der Waals surface area contributed by atoms with Crippen LogP contribution in [0.15, 0.2) is 42.5 Å². The lowest BCUT2D eigenvalue weighted by atomic mass is 10.0. The molecule has 0 aliphatic carbocycles. The highest BCUT2D eigenvalue weighted by atomic mass is 16.5. The number of benzene rings is 2. The van der Waals surface area contributed by atoms with Crippen molar-refractivity contribution in [1.29, 1.82) is 0 Å². The molecule has 0 heterocycles. The number of hydrogen-bond donors (Lipinski definition) is 1. The van der Waals surface area contributed by atoms with Crippen molar-refractivity contribution in [2.24, 2.45) is 0 Å². The monoisotopic (exact) mass is 369 g/mol. The van der Waals surface area contributed by atoms with Crippen LogP contribution in [0, 0.1) is 13.8 Å². The Morgan fingerprint density at radius 2 is 1.74 bits per heavy atom. The first-order valence-electron chi connectivity index (χ1n) is 8.68. The average molecular weight is 369 g/mol. The van der Waals surface area contributed by atoms with Gasteiger partial charge in [0.05, 0.1) is 12.2 Å². The van der Waals surface area contributed by atoms with Gasteiger partial charge >= 0.3 is 5.97 Å². The van der Waals surface area contributed by atoms with Crippen molar-refractivity contribution in [1.82, 2.24) is 5.32 Å². The highest BCUT2D eigenvalue weighted by Gasteiger charge is 2.15. The number of esters is 1. The van der Waals surface area contributed by atoms with Crippen LogP contribution in [-0.4, -0.2) is 37.4 Å². The van der Waals surface area contributed by atoms with E-state index in [1.165, 1.54) is 0 Å². The first-order chi connectivity index (χ1) is 12.9. The molecule has 0 fully saturated rings. The number of Topliss-reactive ketones (excluding diaryl/α,β-unsaturated/α-hetero) is 1. The zero-order chi connectivity index (χ0) is 19.8. The first-order valence-corrected chi connectivity index (χ1v) is 8.68. The number of rotatable bonds is 8. The Kier molecular flexibility index (Phi) is 7.11. The van der Waals surface area contributed by atoms with Crippen LogP contribution < -0.4 is 10.1 Å². The molecule has 0 aliphatic rings. The molecule has 0 spiro atoms. The van der Waals surface area contributed by atoms with E-state index in [0.717, 1.165) is 11.1 Å². The molecule has 0 aromatic heterocycles. The molecule has 6 heteroatoms. The van der Waals surface area contributed by atoms with Crippen LogP contribution in [0.2, 0.25) is 0 Å². The molecular weight excluding hydrogens is 346 g/mol. The summed E-state index contributed by atoms with van der Waals surface area (Å²) in [4.78, 5) is 36.2. The van der Waals surface area contributed by atoms with Crippen molar-refractivity contribution in [3.05, 3.63) is 64.7 Å². The highest BCUT2D eigenvalue weighted by molar-refractivity contribution is 6.00. The minimum atomic E-state index is -0.685. The van der Waals surface area contributed by atoms with E-state index in [4.69, 9.17) is 9.47 Å². The SMILES string of the molecule is CCOc1ccccc1C(=O)NCC(=O)OCC(=O)c1ccc(C)cc1C. The zero-order valence-corrected chi connectivity index (χ0v) is 15.7. The van der Waals surface area contributed by atoms with Gasteiger partial charge < -0.3 is 14.8 Å². The number of ether oxygens (including phenoxy) is 2. The summed E-state index contributed by atoms with van der Waals surface area (Å²) in [5.74, 6) is -0.975. The van der Waals surface area contributed by atoms with E-state index in [9.17, 15) is 14.4 Å². The molecule has 0 saturated carbocycles. The summed E-state index contributed by atoms with van der Waals surface area (Å²) in [5, 5.41) is 2.48. The van der Waals surface area contributed by atoms with Gasteiger partial charge in [-0.15, -0.1) is 0 Å². The van der Waals surface area contributed by atoms with Crippen molar-refractivity contribution in [3.63, 3.8) is 0 Å². The Hall–Kier alpha value is -3.15. The largest absolute Gasteiger partial charge is 0.493 e. The van der Waals surface area contributed by atoms with Gasteiger partial charge in [-0.25, -0.2) is 0 Å². The maximum Gasteiger partial charge on any atom is 0.325 e. The van der Waals surface area contributed by atoms with E-state index in [2.05, 4.69) is 5.32 Å². The van der Waals surface area contributed by atoms with Crippen molar-refractivity contribution in [2.45, 2.75) is 20.8 Å². The van der Waals surface area contributed by atoms with E-state index < -0.39 is 11.9 Å². The number of carbonyl (C=O) groups is 3. The van der Waals surface area contributed by atoms with Gasteiger partial charge in [0.1, 0.15) is 12.3 Å². The lowest BCUT2D eigenvalue weighted by Gasteiger charge is -2.10. The van der Waals surface area contributed by atoms with Gasteiger partial charge in [0.15, 0.2) is 6.61 Å². The van der Waals surface area contributed by atoms with Gasteiger partial charge in [0.2, 0.25) is 5.78 Å². The standard InChI is InChI=1S/C21H23NO5/c1-4-26-19-8-6-5-7-17(19)21(25)22-12-20(24)27-13-18(23)16-10-9-14(2)11-15(16)3/h5-11H,4,12-13H2,1-3H3,(H,22,25). The molecule has 0 radical (unpaired) electrons. The number of ketones is 1. The third-order valence-corrected chi connectivity index (χ3v) is 3.87. The molecule has 0 atom stereocenters. The van der Waals surface area contributed by atoms with Crippen molar-refractivity contribution in [3.8, 4) is 5.75 Å². The topological polar surface area (TPSA) is 81.7 Å². The highest BCUT2D eigenvalue weighted by Crippen LogP contribution is 2.17. The van der Waals surface area contributed by atoms with Gasteiger partial charge in [0, 0.05) is 5.56 Å². The Bertz CT molecular complexity index is 844. The number of amides is 1. The molecule has 2 rings (SSSR count). The van der Waals surface area contributed by atoms with Crippen LogP contribution in [0.25, 0.3) is 0 Å². The van der Waals surface area contributed by atoms with Gasteiger partial charge in [-0.2, -0.15) is 0 Å². The van der Waals surface area contributed by atoms with Crippen molar-refractivity contribution < 1.29 is 23.9 Å². The van der Waals surface area contributed by atoms with Gasteiger partial charge in [0.25, 0.3) is 5.91 Å². The molecule has 1 N–H and O–H groups in total. The number of carbonyl (C=O) groups excluding carboxylic acids is 3. The molecule has 2 aromatic carbocycles. The number of aryl methyl sites for hydroxylation is 2. The van der Waals surface area contributed by atoms with Crippen molar-refractivity contribution in [2.75, 3.05) is 19.8 Å². The quantitative estimate of drug-likeness (QED) is 0.572. The average Bonchev–Trinajstić information content (AvgIpc) is 2.65. The van der Waals surface area contributed by atoms with Crippen molar-refractivity contribution >= 4 is 17.7 Å². The predicted octanol–water partition coefficient (Wildman–Crippen LogP) is 2.86. The summed E-state index contributed by atoms with van der Waals surface area (Å²) in [6.45, 7) is 5.31. The third-order valence-electron chi connectivity index (χ3n) is 3.87. The van der Waals surface area contributed by atoms with Crippen LogP contribution >= 0.6 is 0 Å². The van der Waals surface area contributed by atoms with E-state index in [-0.39, 0.29) is 18.9 Å². The Balaban J connectivity index is 1.86. The maximum atomic E-state index is 12.2. The molecule has 6 nitrogen and oxygen atoms in total. The van der Waals surface area contributed by atoms with Gasteiger partial charge in [-0.3, -0.25) is 14.4 Å². The molecule has 27 heavy (non-hydrogen) atoms. The van der Waals surface area contributed by atoms with Crippen LogP contribution in [0.3, 0.4) is 0 Å². The number of para-hydroxylation sites is 1. The second-order valence-corrected chi connectivity index (χ2v) is 6.01. The molecule has 0 saturated heterocycles. The summed E-state index contributed by atoms with van der Waals surface area (Å²) in [6.07, 6.45) is 0. The van der Waals surface area contributed by atoms with Gasteiger partial charge in [-0.05, 0) is 38.5 Å². The Morgan fingerprint density at radius 3 is 2.44 bits per heavy atom. The Labute approximate surface area is 158 Å². The first kappa shape index (κ1) is 20.2. The third kappa shape index (κ3) is 5.67. The fraction of sp³-hybridized carbons (Fsp3) is 0.286. The zero-order valence-electron chi connectivity index (χ0n) is 15.7. The Morgan fingerprint density at radius 1 is 1.00 bits per heavy atom. The van der Waals surface area contributed by atoms with Crippen LogP contribution in [0.5, 0.6) is 5.75 Å². The normalized spacial score (nSPS) is 10.2. The van der Waals surface area contributed by atoms with E-state index in [0.29, 0.717) is 23.5 Å². The lowest BCUT2D eigenvalue weighted by molar-refractivity contribution is -0.141. The smallest absolute Gasteiger partial charge is 0.325 e. The maximum absolute atomic E-state index is 12.2. The van der Waals surface area contributed by atoms with E-state index >= 15 is 0 Å². The van der Waals surface area contributed by atoms with Crippen LogP contribution in [-0.2, 0) is 9.53 Å². The summed E-state index contributed by atoms with van der Waals surface area (Å²) >= 11 is 0. The number of hydrogen-bond acceptors (Lipinski definition) is 5. The molecule has 0 bridgehead atoms. The second kappa shape index (κ2) is 9.52. The molecule has 2 aromatic rings. The second-order valence-electron chi connectivity index (χ2n) is 6.01. The summed E-state index contributed by atoms with van der Waals surface area (Å²) < 4.78 is 10.4. The minimum Gasteiger partial charge on any atom is -0.493 e. The van der Waals surface area contributed by atoms with Gasteiger partial charge in [-0.1, -0.05) is 35.9 Å². The lowest BCUT2D eigenvalue weighted by Crippen LogP contribution is -2.31. The van der Waals surface area contributed by atoms with E-state index in [1.54, 1.807) is 30.3 Å². The molecule has 142 valence electrons. The summed E-state index contributed by atoms with van der Waals surface area (Å²) in [7, 11) is 0. The van der Waals surface area contributed by atoms with E-state index in [1.807, 2.05) is 32.9 Å². The van der Waals surface area contributed by atoms with Crippen LogP contribution in [0.4, 0.5) is 0 Å². The predicted molar refractivity (Wildman–Crippen MR) is 101 cm³/mol.